The van der Waals surface area contributed by atoms with Crippen LogP contribution in [0.4, 0.5) is 9.59 Å². The zero-order chi connectivity index (χ0) is 32.1. The zero-order valence-corrected chi connectivity index (χ0v) is 25.8. The van der Waals surface area contributed by atoms with Crippen molar-refractivity contribution >= 4 is 18.1 Å². The number of alkyl carbamates (subject to hydrolysis) is 1. The molecule has 0 radical (unpaired) electrons. The van der Waals surface area contributed by atoms with Gasteiger partial charge in [0.2, 0.25) is 5.91 Å². The highest BCUT2D eigenvalue weighted by Crippen LogP contribution is 2.46. The third-order valence-electron chi connectivity index (χ3n) is 10.3. The number of carbonyl (C=O) groups excluding carboxylic acids is 3. The molecule has 238 valence electrons. The van der Waals surface area contributed by atoms with Crippen molar-refractivity contribution in [1.82, 2.24) is 10.2 Å². The van der Waals surface area contributed by atoms with E-state index in [0.29, 0.717) is 0 Å². The highest BCUT2D eigenvalue weighted by molar-refractivity contribution is 5.89. The zero-order valence-electron chi connectivity index (χ0n) is 25.8. The minimum absolute atomic E-state index is 0.0767. The normalized spacial score (nSPS) is 22.4. The summed E-state index contributed by atoms with van der Waals surface area (Å²) in [6, 6.07) is 31.5. The number of carbonyl (C=O) groups is 3. The fourth-order valence-electron chi connectivity index (χ4n) is 8.16. The number of morpholine rings is 1. The summed E-state index contributed by atoms with van der Waals surface area (Å²) in [6.45, 7) is 0.684. The molecule has 0 saturated carbocycles. The van der Waals surface area contributed by atoms with Crippen LogP contribution in [0.15, 0.2) is 97.1 Å². The Morgan fingerprint density at radius 2 is 1.09 bits per heavy atom. The molecule has 47 heavy (non-hydrogen) atoms. The van der Waals surface area contributed by atoms with E-state index >= 15 is 0 Å². The molecular weight excluding hydrogens is 594 g/mol. The van der Waals surface area contributed by atoms with E-state index in [2.05, 4.69) is 41.7 Å². The number of hydrogen-bond donors (Lipinski definition) is 2. The van der Waals surface area contributed by atoms with Gasteiger partial charge in [-0.15, -0.1) is 0 Å². The van der Waals surface area contributed by atoms with E-state index in [4.69, 9.17) is 19.9 Å². The predicted octanol–water partition coefficient (Wildman–Crippen LogP) is 5.56. The largest absolute Gasteiger partial charge is 0.449 e. The van der Waals surface area contributed by atoms with E-state index in [9.17, 15) is 14.4 Å². The van der Waals surface area contributed by atoms with Crippen LogP contribution >= 0.6 is 0 Å². The van der Waals surface area contributed by atoms with E-state index < -0.39 is 35.7 Å². The molecule has 4 aliphatic rings. The lowest BCUT2D eigenvalue weighted by Gasteiger charge is -2.51. The molecule has 3 N–H and O–H groups in total. The summed E-state index contributed by atoms with van der Waals surface area (Å²) in [7, 11) is 0. The van der Waals surface area contributed by atoms with Gasteiger partial charge in [-0.2, -0.15) is 0 Å². The smallest absolute Gasteiger partial charge is 0.410 e. The maximum atomic E-state index is 13.7. The second kappa shape index (κ2) is 11.6. The van der Waals surface area contributed by atoms with Crippen LogP contribution in [0.1, 0.15) is 46.9 Å². The van der Waals surface area contributed by atoms with Crippen molar-refractivity contribution in [1.29, 1.82) is 0 Å². The summed E-state index contributed by atoms with van der Waals surface area (Å²) in [4.78, 5) is 41.7. The molecule has 9 nitrogen and oxygen atoms in total. The van der Waals surface area contributed by atoms with Gasteiger partial charge in [-0.1, -0.05) is 97.1 Å². The molecule has 2 saturated heterocycles. The molecule has 9 heteroatoms. The lowest BCUT2D eigenvalue weighted by molar-refractivity contribution is -0.135. The summed E-state index contributed by atoms with van der Waals surface area (Å²) in [5, 5.41) is 2.82. The van der Waals surface area contributed by atoms with Crippen molar-refractivity contribution in [3.63, 3.8) is 0 Å². The summed E-state index contributed by atoms with van der Waals surface area (Å²) in [5.41, 5.74) is 13.6. The number of nitrogens with one attached hydrogen (secondary N) is 1. The van der Waals surface area contributed by atoms with Crippen LogP contribution in [-0.4, -0.2) is 67.0 Å². The topological polar surface area (TPSA) is 120 Å². The molecule has 0 aromatic heterocycles. The number of ether oxygens (including phenoxy) is 3. The Balaban J connectivity index is 0.951. The van der Waals surface area contributed by atoms with Gasteiger partial charge in [-0.25, -0.2) is 9.59 Å². The quantitative estimate of drug-likeness (QED) is 0.288. The van der Waals surface area contributed by atoms with Gasteiger partial charge in [-0.05, 0) is 44.5 Å². The number of amides is 3. The lowest BCUT2D eigenvalue weighted by Crippen LogP contribution is -2.71. The van der Waals surface area contributed by atoms with E-state index in [0.717, 1.165) is 44.5 Å². The molecule has 0 spiro atoms. The maximum absolute atomic E-state index is 13.7. The van der Waals surface area contributed by atoms with Crippen molar-refractivity contribution in [3.8, 4) is 22.3 Å². The molecule has 2 bridgehead atoms. The first kappa shape index (κ1) is 29.3. The average Bonchev–Trinajstić information content (AvgIpc) is 3.58. The molecule has 2 aliphatic carbocycles. The average molecular weight is 630 g/mol. The van der Waals surface area contributed by atoms with Crippen LogP contribution in [0.3, 0.4) is 0 Å². The second-order valence-electron chi connectivity index (χ2n) is 12.9. The van der Waals surface area contributed by atoms with Crippen LogP contribution in [0.5, 0.6) is 0 Å². The van der Waals surface area contributed by atoms with Crippen molar-refractivity contribution < 1.29 is 28.6 Å². The van der Waals surface area contributed by atoms with Gasteiger partial charge in [0, 0.05) is 24.7 Å². The number of rotatable bonds is 6. The number of hydrogen-bond acceptors (Lipinski definition) is 6. The summed E-state index contributed by atoms with van der Waals surface area (Å²) in [6.07, 6.45) is -1.01. The van der Waals surface area contributed by atoms with Gasteiger partial charge in [0.1, 0.15) is 18.8 Å². The van der Waals surface area contributed by atoms with Crippen molar-refractivity contribution in [3.05, 3.63) is 119 Å². The Morgan fingerprint density at radius 1 is 0.681 bits per heavy atom. The number of fused-ring (bicyclic) bond motifs is 8. The number of primary amides is 1. The monoisotopic (exact) mass is 629 g/mol. The standard InChI is InChI=1S/C38H35N3O6/c39-35(42)38(40-36(43)46-21-33-29-13-5-1-9-25(29)26-10-2-6-14-30(26)33)17-23-19-45-20-24(18-38)41(23)37(44)47-22-34-31-15-7-3-11-27(31)28-12-4-8-16-32(28)34/h1-16,23-24,33-34H,17-22H2,(H2,39,42)(H,40,43). The third kappa shape index (κ3) is 4.93. The molecule has 8 rings (SSSR count). The Hall–Kier alpha value is -5.15. The minimum Gasteiger partial charge on any atom is -0.449 e. The minimum atomic E-state index is -1.40. The molecule has 4 aromatic carbocycles. The molecule has 2 fully saturated rings. The third-order valence-corrected chi connectivity index (χ3v) is 10.3. The fraction of sp³-hybridized carbons (Fsp3) is 0.289. The van der Waals surface area contributed by atoms with Crippen molar-refractivity contribution in [2.75, 3.05) is 26.4 Å². The molecule has 2 atom stereocenters. The first-order valence-corrected chi connectivity index (χ1v) is 16.1. The molecule has 2 aliphatic heterocycles. The van der Waals surface area contributed by atoms with Crippen LogP contribution in [-0.2, 0) is 19.0 Å². The Bertz CT molecular complexity index is 1790. The highest BCUT2D eigenvalue weighted by atomic mass is 16.6. The maximum Gasteiger partial charge on any atom is 0.410 e. The van der Waals surface area contributed by atoms with Gasteiger partial charge in [-0.3, -0.25) is 9.69 Å². The second-order valence-corrected chi connectivity index (χ2v) is 12.9. The molecule has 2 unspecified atom stereocenters. The number of nitrogens with two attached hydrogens (primary N) is 1. The summed E-state index contributed by atoms with van der Waals surface area (Å²) < 4.78 is 17.6. The van der Waals surface area contributed by atoms with E-state index in [1.807, 2.05) is 60.7 Å². The number of nitrogens with zero attached hydrogens (tertiary/aromatic N) is 1. The van der Waals surface area contributed by atoms with Crippen LogP contribution in [0.2, 0.25) is 0 Å². The number of piperidine rings is 1. The number of benzene rings is 4. The Morgan fingerprint density at radius 3 is 1.51 bits per heavy atom. The molecule has 4 aromatic rings. The Kier molecular flexibility index (Phi) is 7.21. The summed E-state index contributed by atoms with van der Waals surface area (Å²) >= 11 is 0. The summed E-state index contributed by atoms with van der Waals surface area (Å²) in [5.74, 6) is -0.872. The SMILES string of the molecule is NC(=O)C1(NC(=O)OCC2c3ccccc3-c3ccccc32)CC2COCC(C1)N2C(=O)OCC1c2ccccc2-c2ccccc21. The Labute approximate surface area is 272 Å². The van der Waals surface area contributed by atoms with Gasteiger partial charge < -0.3 is 25.3 Å². The van der Waals surface area contributed by atoms with Crippen LogP contribution in [0.25, 0.3) is 22.3 Å². The van der Waals surface area contributed by atoms with Crippen LogP contribution in [0, 0.1) is 0 Å². The lowest BCUT2D eigenvalue weighted by atomic mass is 9.78. The first-order chi connectivity index (χ1) is 22.9. The molecule has 3 amide bonds. The predicted molar refractivity (Wildman–Crippen MR) is 175 cm³/mol. The fourth-order valence-corrected chi connectivity index (χ4v) is 8.16. The van der Waals surface area contributed by atoms with Gasteiger partial charge >= 0.3 is 12.2 Å². The molecular formula is C38H35N3O6. The van der Waals surface area contributed by atoms with E-state index in [1.165, 1.54) is 0 Å². The van der Waals surface area contributed by atoms with Crippen molar-refractivity contribution in [2.45, 2.75) is 42.3 Å². The van der Waals surface area contributed by atoms with Gasteiger partial charge in [0.25, 0.3) is 0 Å². The highest BCUT2D eigenvalue weighted by Gasteiger charge is 2.53. The van der Waals surface area contributed by atoms with Gasteiger partial charge in [0.15, 0.2) is 0 Å². The molecule has 2 heterocycles. The first-order valence-electron chi connectivity index (χ1n) is 16.1. The van der Waals surface area contributed by atoms with Crippen LogP contribution < -0.4 is 11.1 Å². The van der Waals surface area contributed by atoms with E-state index in [1.54, 1.807) is 4.90 Å². The van der Waals surface area contributed by atoms with Gasteiger partial charge in [0.05, 0.1) is 25.3 Å². The van der Waals surface area contributed by atoms with E-state index in [-0.39, 0.29) is 51.1 Å². The van der Waals surface area contributed by atoms with Crippen molar-refractivity contribution in [2.24, 2.45) is 5.73 Å².